The minimum absolute atomic E-state index is 0.0130. The highest BCUT2D eigenvalue weighted by Crippen LogP contribution is 2.40. The van der Waals surface area contributed by atoms with Crippen LogP contribution in [0.4, 0.5) is 19.0 Å². The number of nitriles is 1. The average molecular weight is 530 g/mol. The van der Waals surface area contributed by atoms with Crippen molar-refractivity contribution in [3.63, 3.8) is 0 Å². The molecule has 1 fully saturated rings. The summed E-state index contributed by atoms with van der Waals surface area (Å²) < 4.78 is 43.9. The molecule has 0 spiro atoms. The molecule has 0 atom stereocenters. The molecule has 0 saturated carbocycles. The number of hydrogen-bond donors (Lipinski definition) is 0. The van der Waals surface area contributed by atoms with E-state index in [1.165, 1.54) is 18.7 Å². The number of rotatable bonds is 3. The Kier molecular flexibility index (Phi) is 6.40. The molecular weight excluding hydrogens is 503 g/mol. The van der Waals surface area contributed by atoms with E-state index in [9.17, 15) is 18.4 Å². The van der Waals surface area contributed by atoms with Gasteiger partial charge in [0.25, 0.3) is 0 Å². The summed E-state index contributed by atoms with van der Waals surface area (Å²) in [7, 11) is 0. The van der Waals surface area contributed by atoms with Gasteiger partial charge >= 0.3 is 6.18 Å². The van der Waals surface area contributed by atoms with Gasteiger partial charge < -0.3 is 4.90 Å². The van der Waals surface area contributed by atoms with Gasteiger partial charge in [0.15, 0.2) is 5.82 Å². The fourth-order valence-electron chi connectivity index (χ4n) is 5.07. The lowest BCUT2D eigenvalue weighted by atomic mass is 9.95. The molecule has 7 nitrogen and oxygen atoms in total. The third kappa shape index (κ3) is 4.55. The van der Waals surface area contributed by atoms with E-state index in [4.69, 9.17) is 11.6 Å². The predicted molar refractivity (Wildman–Crippen MR) is 134 cm³/mol. The lowest BCUT2D eigenvalue weighted by Crippen LogP contribution is -2.53. The molecule has 1 aromatic carbocycles. The van der Waals surface area contributed by atoms with E-state index < -0.39 is 11.7 Å². The number of anilines is 1. The molecular formula is C26H27ClF3N7. The molecule has 2 aliphatic heterocycles. The summed E-state index contributed by atoms with van der Waals surface area (Å²) in [5.41, 5.74) is 0.676. The minimum atomic E-state index is -4.42. The summed E-state index contributed by atoms with van der Waals surface area (Å²) in [6.07, 6.45) is -2.84. The highest BCUT2D eigenvalue weighted by atomic mass is 35.5. The van der Waals surface area contributed by atoms with Crippen LogP contribution in [-0.2, 0) is 13.1 Å². The Labute approximate surface area is 218 Å². The van der Waals surface area contributed by atoms with E-state index in [-0.39, 0.29) is 19.0 Å². The molecule has 37 heavy (non-hydrogen) atoms. The molecule has 0 N–H and O–H groups in total. The number of nitrogens with zero attached hydrogens (tertiary/aromatic N) is 7. The van der Waals surface area contributed by atoms with E-state index in [1.54, 1.807) is 18.2 Å². The predicted octanol–water partition coefficient (Wildman–Crippen LogP) is 5.54. The van der Waals surface area contributed by atoms with Crippen LogP contribution in [0.2, 0.25) is 5.02 Å². The highest BCUT2D eigenvalue weighted by molar-refractivity contribution is 6.30. The van der Waals surface area contributed by atoms with Crippen LogP contribution in [0.5, 0.6) is 0 Å². The molecule has 11 heteroatoms. The number of hydrogen-bond acceptors (Lipinski definition) is 6. The van der Waals surface area contributed by atoms with Crippen molar-refractivity contribution in [1.29, 1.82) is 5.26 Å². The molecule has 194 valence electrons. The minimum Gasteiger partial charge on any atom is -0.357 e. The Morgan fingerprint density at radius 1 is 1.05 bits per heavy atom. The van der Waals surface area contributed by atoms with Crippen LogP contribution in [0.3, 0.4) is 0 Å². The van der Waals surface area contributed by atoms with Crippen LogP contribution in [0.1, 0.15) is 61.1 Å². The van der Waals surface area contributed by atoms with Gasteiger partial charge in [0.2, 0.25) is 0 Å². The third-order valence-electron chi connectivity index (χ3n) is 7.59. The lowest BCUT2D eigenvalue weighted by molar-refractivity contribution is -0.224. The Bertz CT molecular complexity index is 1370. The summed E-state index contributed by atoms with van der Waals surface area (Å²) in [6, 6.07) is 11.1. The number of alkyl halides is 3. The molecule has 0 bridgehead atoms. The zero-order valence-corrected chi connectivity index (χ0v) is 21.6. The maximum atomic E-state index is 14.0. The summed E-state index contributed by atoms with van der Waals surface area (Å²) in [5.74, 6) is 2.16. The first kappa shape index (κ1) is 25.5. The van der Waals surface area contributed by atoms with Gasteiger partial charge in [-0.1, -0.05) is 11.6 Å². The molecule has 5 rings (SSSR count). The Morgan fingerprint density at radius 3 is 2.43 bits per heavy atom. The number of aromatic nitrogens is 4. The normalized spacial score (nSPS) is 17.2. The fraction of sp³-hybridized carbons (Fsp3) is 0.462. The molecule has 3 aromatic rings. The standard InChI is InChI=1S/C26H27ClF3N7/c1-16-18(13-31)4-7-22(32-16)35-10-8-17(9-11-35)24-34-33-23-15-36(25(2,3)26(28,29)30)14-19-12-20(27)5-6-21(19)37(23)24/h4-7,12,17H,8-11,14-15H2,1-3H3. The van der Waals surface area contributed by atoms with Crippen LogP contribution >= 0.6 is 11.6 Å². The van der Waals surface area contributed by atoms with Crippen LogP contribution in [-0.4, -0.2) is 49.5 Å². The maximum absolute atomic E-state index is 14.0. The first-order valence-corrected chi connectivity index (χ1v) is 12.5. The van der Waals surface area contributed by atoms with Gasteiger partial charge in [0.1, 0.15) is 23.3 Å². The topological polar surface area (TPSA) is 73.9 Å². The first-order chi connectivity index (χ1) is 17.5. The van der Waals surface area contributed by atoms with Crippen molar-refractivity contribution in [1.82, 2.24) is 24.6 Å². The van der Waals surface area contributed by atoms with Gasteiger partial charge in [0.05, 0.1) is 23.5 Å². The molecule has 0 radical (unpaired) electrons. The van der Waals surface area contributed by atoms with E-state index in [2.05, 4.69) is 26.2 Å². The molecule has 0 amide bonds. The van der Waals surface area contributed by atoms with E-state index in [0.717, 1.165) is 43.3 Å². The zero-order chi connectivity index (χ0) is 26.5. The number of benzene rings is 1. The number of pyridine rings is 1. The van der Waals surface area contributed by atoms with Crippen molar-refractivity contribution in [2.75, 3.05) is 18.0 Å². The fourth-order valence-corrected chi connectivity index (χ4v) is 5.27. The van der Waals surface area contributed by atoms with E-state index in [0.29, 0.717) is 27.7 Å². The van der Waals surface area contributed by atoms with Gasteiger partial charge in [-0.3, -0.25) is 9.47 Å². The number of piperidine rings is 1. The number of aryl methyl sites for hydroxylation is 1. The van der Waals surface area contributed by atoms with Gasteiger partial charge in [-0.15, -0.1) is 10.2 Å². The first-order valence-electron chi connectivity index (χ1n) is 12.2. The number of halogens is 4. The third-order valence-corrected chi connectivity index (χ3v) is 7.83. The van der Waals surface area contributed by atoms with E-state index in [1.807, 2.05) is 23.6 Å². The van der Waals surface area contributed by atoms with E-state index >= 15 is 0 Å². The second-order valence-electron chi connectivity index (χ2n) is 10.2. The molecule has 2 aromatic heterocycles. The number of fused-ring (bicyclic) bond motifs is 3. The average Bonchev–Trinajstić information content (AvgIpc) is 3.19. The van der Waals surface area contributed by atoms with Crippen molar-refractivity contribution < 1.29 is 13.2 Å². The quantitative estimate of drug-likeness (QED) is 0.444. The molecule has 1 saturated heterocycles. The van der Waals surface area contributed by atoms with Crippen LogP contribution in [0.25, 0.3) is 5.69 Å². The monoisotopic (exact) mass is 529 g/mol. The van der Waals surface area contributed by atoms with Crippen molar-refractivity contribution >= 4 is 17.4 Å². The van der Waals surface area contributed by atoms with Gasteiger partial charge in [-0.2, -0.15) is 18.4 Å². The van der Waals surface area contributed by atoms with Crippen LogP contribution in [0.15, 0.2) is 30.3 Å². The van der Waals surface area contributed by atoms with Crippen LogP contribution in [0, 0.1) is 18.3 Å². The van der Waals surface area contributed by atoms with Crippen molar-refractivity contribution in [2.24, 2.45) is 0 Å². The molecule has 0 aliphatic carbocycles. The Hall–Kier alpha value is -3.16. The summed E-state index contributed by atoms with van der Waals surface area (Å²) in [6.45, 7) is 5.80. The smallest absolute Gasteiger partial charge is 0.357 e. The summed E-state index contributed by atoms with van der Waals surface area (Å²) in [5, 5.41) is 18.5. The van der Waals surface area contributed by atoms with Crippen LogP contribution < -0.4 is 4.90 Å². The van der Waals surface area contributed by atoms with Gasteiger partial charge in [0, 0.05) is 30.6 Å². The zero-order valence-electron chi connectivity index (χ0n) is 20.8. The van der Waals surface area contributed by atoms with Crippen molar-refractivity contribution in [2.45, 2.75) is 64.3 Å². The lowest BCUT2D eigenvalue weighted by Gasteiger charge is -2.38. The molecule has 0 unspecified atom stereocenters. The molecule has 2 aliphatic rings. The SMILES string of the molecule is Cc1nc(N2CCC(c3nnc4n3-c3ccc(Cl)cc3CN(C(C)(C)C(F)(F)F)C4)CC2)ccc1C#N. The Balaban J connectivity index is 1.45. The van der Waals surface area contributed by atoms with Crippen molar-refractivity contribution in [3.05, 3.63) is 63.8 Å². The van der Waals surface area contributed by atoms with Crippen molar-refractivity contribution in [3.8, 4) is 11.8 Å². The Morgan fingerprint density at radius 2 is 1.78 bits per heavy atom. The summed E-state index contributed by atoms with van der Waals surface area (Å²) >= 11 is 6.27. The second-order valence-corrected chi connectivity index (χ2v) is 10.6. The molecule has 4 heterocycles. The summed E-state index contributed by atoms with van der Waals surface area (Å²) in [4.78, 5) is 8.16. The maximum Gasteiger partial charge on any atom is 0.406 e. The largest absolute Gasteiger partial charge is 0.406 e. The van der Waals surface area contributed by atoms with Gasteiger partial charge in [-0.05, 0) is 69.5 Å². The second kappa shape index (κ2) is 9.30. The van der Waals surface area contributed by atoms with Gasteiger partial charge in [-0.25, -0.2) is 4.98 Å². The highest BCUT2D eigenvalue weighted by Gasteiger charge is 2.52.